The maximum Gasteiger partial charge on any atom is 0.341 e. The Morgan fingerprint density at radius 1 is 1.47 bits per heavy atom. The third kappa shape index (κ3) is 1.91. The number of hydrogen-bond acceptors (Lipinski definition) is 3. The van der Waals surface area contributed by atoms with Crippen LogP contribution in [-0.2, 0) is 19.9 Å². The SMILES string of the molecule is COC(=O)C1(C(C)C)OC1(C)c1cc(Br)ccc1F. The van der Waals surface area contributed by atoms with E-state index in [2.05, 4.69) is 15.9 Å². The monoisotopic (exact) mass is 330 g/mol. The molecule has 1 aliphatic rings. The first-order chi connectivity index (χ1) is 8.79. The number of epoxide rings is 1. The molecule has 0 bridgehead atoms. The largest absolute Gasteiger partial charge is 0.467 e. The van der Waals surface area contributed by atoms with Gasteiger partial charge in [-0.3, -0.25) is 0 Å². The molecular weight excluding hydrogens is 315 g/mol. The van der Waals surface area contributed by atoms with Crippen molar-refractivity contribution < 1.29 is 18.7 Å². The lowest BCUT2D eigenvalue weighted by Gasteiger charge is -2.19. The molecule has 0 radical (unpaired) electrons. The molecule has 1 aromatic carbocycles. The molecular formula is C14H16BrFO3. The van der Waals surface area contributed by atoms with E-state index in [0.29, 0.717) is 5.56 Å². The van der Waals surface area contributed by atoms with E-state index < -0.39 is 23.0 Å². The number of methoxy groups -OCH3 is 1. The lowest BCUT2D eigenvalue weighted by atomic mass is 9.80. The fourth-order valence-electron chi connectivity index (χ4n) is 2.71. The van der Waals surface area contributed by atoms with Crippen molar-refractivity contribution >= 4 is 21.9 Å². The van der Waals surface area contributed by atoms with E-state index in [1.807, 2.05) is 13.8 Å². The van der Waals surface area contributed by atoms with Crippen LogP contribution < -0.4 is 0 Å². The highest BCUT2D eigenvalue weighted by Gasteiger charge is 2.75. The highest BCUT2D eigenvalue weighted by molar-refractivity contribution is 9.10. The van der Waals surface area contributed by atoms with Gasteiger partial charge >= 0.3 is 5.97 Å². The van der Waals surface area contributed by atoms with Crippen molar-refractivity contribution in [1.82, 2.24) is 0 Å². The molecule has 0 N–H and O–H groups in total. The maximum absolute atomic E-state index is 14.0. The van der Waals surface area contributed by atoms with Crippen LogP contribution in [0.5, 0.6) is 0 Å². The van der Waals surface area contributed by atoms with Crippen molar-refractivity contribution in [2.24, 2.45) is 5.92 Å². The fraction of sp³-hybridized carbons (Fsp3) is 0.500. The van der Waals surface area contributed by atoms with Gasteiger partial charge in [0.2, 0.25) is 5.60 Å². The minimum absolute atomic E-state index is 0.122. The second-order valence-electron chi connectivity index (χ2n) is 5.14. The van der Waals surface area contributed by atoms with Crippen molar-refractivity contribution in [3.05, 3.63) is 34.1 Å². The molecule has 2 rings (SSSR count). The number of carbonyl (C=O) groups is 1. The Balaban J connectivity index is 2.51. The Labute approximate surface area is 120 Å². The Morgan fingerprint density at radius 2 is 2.11 bits per heavy atom. The summed E-state index contributed by atoms with van der Waals surface area (Å²) in [4.78, 5) is 12.0. The topological polar surface area (TPSA) is 38.8 Å². The number of benzene rings is 1. The molecule has 0 saturated carbocycles. The first-order valence-corrected chi connectivity index (χ1v) is 6.83. The minimum Gasteiger partial charge on any atom is -0.467 e. The van der Waals surface area contributed by atoms with E-state index >= 15 is 0 Å². The van der Waals surface area contributed by atoms with Gasteiger partial charge in [-0.15, -0.1) is 0 Å². The fourth-order valence-corrected chi connectivity index (χ4v) is 3.07. The zero-order valence-electron chi connectivity index (χ0n) is 11.3. The first kappa shape index (κ1) is 14.5. The number of ether oxygens (including phenoxy) is 2. The summed E-state index contributed by atoms with van der Waals surface area (Å²) in [5.74, 6) is -0.982. The van der Waals surface area contributed by atoms with Crippen LogP contribution >= 0.6 is 15.9 Å². The summed E-state index contributed by atoms with van der Waals surface area (Å²) in [6.45, 7) is 5.44. The van der Waals surface area contributed by atoms with E-state index in [1.165, 1.54) is 13.2 Å². The molecule has 1 fully saturated rings. The van der Waals surface area contributed by atoms with Crippen LogP contribution in [0.25, 0.3) is 0 Å². The van der Waals surface area contributed by atoms with Gasteiger partial charge < -0.3 is 9.47 Å². The zero-order valence-corrected chi connectivity index (χ0v) is 12.9. The molecule has 19 heavy (non-hydrogen) atoms. The predicted octanol–water partition coefficient (Wildman–Crippen LogP) is 3.40. The Hall–Kier alpha value is -0.940. The Kier molecular flexibility index (Phi) is 3.47. The quantitative estimate of drug-likeness (QED) is 0.629. The van der Waals surface area contributed by atoms with Gasteiger partial charge in [0.05, 0.1) is 7.11 Å². The van der Waals surface area contributed by atoms with Crippen LogP contribution in [-0.4, -0.2) is 18.7 Å². The number of rotatable bonds is 3. The second kappa shape index (κ2) is 4.56. The zero-order chi connectivity index (χ0) is 14.4. The number of carbonyl (C=O) groups excluding carboxylic acids is 1. The van der Waals surface area contributed by atoms with Crippen molar-refractivity contribution in [2.45, 2.75) is 32.0 Å². The van der Waals surface area contributed by atoms with Gasteiger partial charge in [0, 0.05) is 10.0 Å². The molecule has 104 valence electrons. The molecule has 0 amide bonds. The standard InChI is InChI=1S/C14H16BrFO3/c1-8(2)14(12(17)18-4)13(3,19-14)10-7-9(15)5-6-11(10)16/h5-8H,1-4H3. The molecule has 5 heteroatoms. The molecule has 0 spiro atoms. The summed E-state index contributed by atoms with van der Waals surface area (Å²) in [7, 11) is 1.31. The molecule has 1 heterocycles. The molecule has 3 nitrogen and oxygen atoms in total. The average molecular weight is 331 g/mol. The molecule has 1 saturated heterocycles. The van der Waals surface area contributed by atoms with Crippen LogP contribution in [0.4, 0.5) is 4.39 Å². The summed E-state index contributed by atoms with van der Waals surface area (Å²) in [6, 6.07) is 4.61. The third-order valence-corrected chi connectivity index (χ3v) is 4.27. The van der Waals surface area contributed by atoms with Gasteiger partial charge in [0.25, 0.3) is 0 Å². The molecule has 0 aliphatic carbocycles. The summed E-state index contributed by atoms with van der Waals surface area (Å²) in [5, 5.41) is 0. The molecule has 2 atom stereocenters. The molecule has 1 aromatic rings. The van der Waals surface area contributed by atoms with Gasteiger partial charge in [-0.25, -0.2) is 9.18 Å². The molecule has 2 unspecified atom stereocenters. The van der Waals surface area contributed by atoms with Crippen LogP contribution in [0.2, 0.25) is 0 Å². The number of halogens is 2. The van der Waals surface area contributed by atoms with E-state index in [9.17, 15) is 9.18 Å². The normalized spacial score (nSPS) is 29.4. The molecule has 1 aliphatic heterocycles. The van der Waals surface area contributed by atoms with Crippen LogP contribution in [0.1, 0.15) is 26.3 Å². The minimum atomic E-state index is -1.12. The van der Waals surface area contributed by atoms with Crippen molar-refractivity contribution in [2.75, 3.05) is 7.11 Å². The van der Waals surface area contributed by atoms with E-state index in [4.69, 9.17) is 9.47 Å². The second-order valence-corrected chi connectivity index (χ2v) is 6.06. The van der Waals surface area contributed by atoms with Crippen LogP contribution in [0.15, 0.2) is 22.7 Å². The van der Waals surface area contributed by atoms with Crippen LogP contribution in [0, 0.1) is 11.7 Å². The Morgan fingerprint density at radius 3 is 2.63 bits per heavy atom. The van der Waals surface area contributed by atoms with Gasteiger partial charge in [-0.05, 0) is 31.0 Å². The van der Waals surface area contributed by atoms with Crippen molar-refractivity contribution in [3.63, 3.8) is 0 Å². The van der Waals surface area contributed by atoms with E-state index in [-0.39, 0.29) is 5.92 Å². The third-order valence-electron chi connectivity index (χ3n) is 3.78. The summed E-state index contributed by atoms with van der Waals surface area (Å²) in [6.07, 6.45) is 0. The lowest BCUT2D eigenvalue weighted by Crippen LogP contribution is -2.38. The first-order valence-electron chi connectivity index (χ1n) is 6.03. The summed E-state index contributed by atoms with van der Waals surface area (Å²) >= 11 is 3.31. The van der Waals surface area contributed by atoms with E-state index in [1.54, 1.807) is 19.1 Å². The van der Waals surface area contributed by atoms with Gasteiger partial charge in [0.15, 0.2) is 0 Å². The molecule has 0 aromatic heterocycles. The van der Waals surface area contributed by atoms with Gasteiger partial charge in [0.1, 0.15) is 11.4 Å². The average Bonchev–Trinajstić information content (AvgIpc) is 3.00. The highest BCUT2D eigenvalue weighted by atomic mass is 79.9. The lowest BCUT2D eigenvalue weighted by molar-refractivity contribution is -0.148. The number of hydrogen-bond donors (Lipinski definition) is 0. The number of esters is 1. The highest BCUT2D eigenvalue weighted by Crippen LogP contribution is 2.60. The maximum atomic E-state index is 14.0. The van der Waals surface area contributed by atoms with Crippen molar-refractivity contribution in [3.8, 4) is 0 Å². The van der Waals surface area contributed by atoms with E-state index in [0.717, 1.165) is 4.47 Å². The predicted molar refractivity (Wildman–Crippen MR) is 72.1 cm³/mol. The van der Waals surface area contributed by atoms with Crippen molar-refractivity contribution in [1.29, 1.82) is 0 Å². The summed E-state index contributed by atoms with van der Waals surface area (Å²) < 4.78 is 25.3. The Bertz CT molecular complexity index is 531. The van der Waals surface area contributed by atoms with Crippen LogP contribution in [0.3, 0.4) is 0 Å². The summed E-state index contributed by atoms with van der Waals surface area (Å²) in [5.41, 5.74) is -1.76. The van der Waals surface area contributed by atoms with Gasteiger partial charge in [-0.1, -0.05) is 29.8 Å². The van der Waals surface area contributed by atoms with Gasteiger partial charge in [-0.2, -0.15) is 0 Å². The smallest absolute Gasteiger partial charge is 0.341 e.